The number of aryl methyl sites for hydroxylation is 1. The average Bonchev–Trinajstić information content (AvgIpc) is 2.82. The third kappa shape index (κ3) is 4.16. The van der Waals surface area contributed by atoms with E-state index in [1.807, 2.05) is 6.07 Å². The van der Waals surface area contributed by atoms with Crippen LogP contribution in [0, 0.1) is 6.92 Å². The molecule has 7 heteroatoms. The van der Waals surface area contributed by atoms with E-state index in [0.717, 1.165) is 5.56 Å². The van der Waals surface area contributed by atoms with E-state index in [4.69, 9.17) is 10.3 Å². The van der Waals surface area contributed by atoms with Crippen LogP contribution >= 0.6 is 0 Å². The molecule has 1 heterocycles. The van der Waals surface area contributed by atoms with Gasteiger partial charge in [0, 0.05) is 12.6 Å². The molecule has 0 spiro atoms. The van der Waals surface area contributed by atoms with Gasteiger partial charge in [-0.25, -0.2) is 13.1 Å². The molecular formula is C13H17N3O3S. The summed E-state index contributed by atoms with van der Waals surface area (Å²) in [5.74, 6) is 0.562. The standard InChI is InChI=1S/C13H17N3O3S/c1-10-5-13(16-19-10)8-15-20(17,18)9-12-4-2-3-11(6-12)7-14/h2-6,15H,7-9,14H2,1H3. The SMILES string of the molecule is Cc1cc(CNS(=O)(=O)Cc2cccc(CN)c2)no1. The molecular weight excluding hydrogens is 278 g/mol. The number of rotatable bonds is 6. The first kappa shape index (κ1) is 14.7. The van der Waals surface area contributed by atoms with E-state index in [0.29, 0.717) is 23.6 Å². The summed E-state index contributed by atoms with van der Waals surface area (Å²) in [6.07, 6.45) is 0. The van der Waals surface area contributed by atoms with E-state index in [9.17, 15) is 8.42 Å². The fraction of sp³-hybridized carbons (Fsp3) is 0.308. The topological polar surface area (TPSA) is 98.2 Å². The van der Waals surface area contributed by atoms with E-state index >= 15 is 0 Å². The van der Waals surface area contributed by atoms with Gasteiger partial charge in [0.15, 0.2) is 0 Å². The van der Waals surface area contributed by atoms with Crippen LogP contribution in [0.2, 0.25) is 0 Å². The maximum absolute atomic E-state index is 12.0. The second-order valence-electron chi connectivity index (χ2n) is 4.53. The summed E-state index contributed by atoms with van der Waals surface area (Å²) >= 11 is 0. The summed E-state index contributed by atoms with van der Waals surface area (Å²) in [6.45, 7) is 2.26. The smallest absolute Gasteiger partial charge is 0.216 e. The zero-order chi connectivity index (χ0) is 14.6. The van der Waals surface area contributed by atoms with Crippen molar-refractivity contribution in [2.45, 2.75) is 25.8 Å². The first-order valence-electron chi connectivity index (χ1n) is 6.16. The molecule has 108 valence electrons. The van der Waals surface area contributed by atoms with E-state index < -0.39 is 10.0 Å². The number of aromatic nitrogens is 1. The highest BCUT2D eigenvalue weighted by Gasteiger charge is 2.12. The van der Waals surface area contributed by atoms with Gasteiger partial charge in [0.2, 0.25) is 10.0 Å². The van der Waals surface area contributed by atoms with E-state index in [-0.39, 0.29) is 12.3 Å². The van der Waals surface area contributed by atoms with Crippen molar-refractivity contribution in [1.29, 1.82) is 0 Å². The zero-order valence-electron chi connectivity index (χ0n) is 11.2. The minimum Gasteiger partial charge on any atom is -0.361 e. The Morgan fingerprint density at radius 3 is 2.70 bits per heavy atom. The van der Waals surface area contributed by atoms with Crippen molar-refractivity contribution in [2.75, 3.05) is 0 Å². The van der Waals surface area contributed by atoms with Gasteiger partial charge in [0.05, 0.1) is 18.0 Å². The number of benzene rings is 1. The van der Waals surface area contributed by atoms with E-state index in [2.05, 4.69) is 9.88 Å². The third-order valence-electron chi connectivity index (χ3n) is 2.73. The molecule has 0 atom stereocenters. The summed E-state index contributed by atoms with van der Waals surface area (Å²) < 4.78 is 31.3. The van der Waals surface area contributed by atoms with Crippen molar-refractivity contribution in [3.05, 3.63) is 52.9 Å². The molecule has 2 rings (SSSR count). The van der Waals surface area contributed by atoms with Crippen LogP contribution in [0.1, 0.15) is 22.6 Å². The van der Waals surface area contributed by atoms with Crippen LogP contribution in [0.3, 0.4) is 0 Å². The Kier molecular flexibility index (Phi) is 4.53. The quantitative estimate of drug-likeness (QED) is 0.830. The summed E-state index contributed by atoms with van der Waals surface area (Å²) in [7, 11) is -3.42. The number of nitrogens with two attached hydrogens (primary N) is 1. The first-order valence-corrected chi connectivity index (χ1v) is 7.81. The van der Waals surface area contributed by atoms with Gasteiger partial charge >= 0.3 is 0 Å². The molecule has 1 aromatic heterocycles. The Balaban J connectivity index is 1.99. The molecule has 0 fully saturated rings. The lowest BCUT2D eigenvalue weighted by Gasteiger charge is -2.06. The molecule has 20 heavy (non-hydrogen) atoms. The fourth-order valence-corrected chi connectivity index (χ4v) is 2.89. The van der Waals surface area contributed by atoms with Gasteiger partial charge in [0.25, 0.3) is 0 Å². The Labute approximate surface area is 118 Å². The van der Waals surface area contributed by atoms with Crippen molar-refractivity contribution < 1.29 is 12.9 Å². The highest BCUT2D eigenvalue weighted by atomic mass is 32.2. The minimum absolute atomic E-state index is 0.0856. The predicted octanol–water partition coefficient (Wildman–Crippen LogP) is 1.06. The summed E-state index contributed by atoms with van der Waals surface area (Å²) in [4.78, 5) is 0. The van der Waals surface area contributed by atoms with Crippen LogP contribution < -0.4 is 10.5 Å². The fourth-order valence-electron chi connectivity index (χ4n) is 1.80. The van der Waals surface area contributed by atoms with Crippen LogP contribution in [0.25, 0.3) is 0 Å². The summed E-state index contributed by atoms with van der Waals surface area (Å²) in [5.41, 5.74) is 7.71. The van der Waals surface area contributed by atoms with Crippen molar-refractivity contribution in [3.63, 3.8) is 0 Å². The lowest BCUT2D eigenvalue weighted by molar-refractivity contribution is 0.390. The number of sulfonamides is 1. The molecule has 3 N–H and O–H groups in total. The van der Waals surface area contributed by atoms with Crippen LogP contribution in [-0.4, -0.2) is 13.6 Å². The van der Waals surface area contributed by atoms with Crippen molar-refractivity contribution >= 4 is 10.0 Å². The second-order valence-corrected chi connectivity index (χ2v) is 6.34. The van der Waals surface area contributed by atoms with Gasteiger partial charge in [-0.2, -0.15) is 0 Å². The van der Waals surface area contributed by atoms with Crippen LogP contribution in [0.4, 0.5) is 0 Å². The van der Waals surface area contributed by atoms with Crippen LogP contribution in [-0.2, 0) is 28.9 Å². The normalized spacial score (nSPS) is 11.7. The Morgan fingerprint density at radius 2 is 2.05 bits per heavy atom. The van der Waals surface area contributed by atoms with E-state index in [1.54, 1.807) is 31.2 Å². The van der Waals surface area contributed by atoms with Gasteiger partial charge in [-0.05, 0) is 18.1 Å². The van der Waals surface area contributed by atoms with Gasteiger partial charge in [0.1, 0.15) is 5.76 Å². The monoisotopic (exact) mass is 295 g/mol. The molecule has 2 aromatic rings. The summed E-state index contributed by atoms with van der Waals surface area (Å²) in [6, 6.07) is 8.91. The number of hydrogen-bond donors (Lipinski definition) is 2. The van der Waals surface area contributed by atoms with Crippen molar-refractivity contribution in [3.8, 4) is 0 Å². The molecule has 0 saturated carbocycles. The maximum Gasteiger partial charge on any atom is 0.216 e. The Morgan fingerprint density at radius 1 is 1.30 bits per heavy atom. The predicted molar refractivity (Wildman–Crippen MR) is 75.0 cm³/mol. The molecule has 0 bridgehead atoms. The van der Waals surface area contributed by atoms with Crippen molar-refractivity contribution in [2.24, 2.45) is 5.73 Å². The molecule has 0 aliphatic carbocycles. The average molecular weight is 295 g/mol. The molecule has 0 radical (unpaired) electrons. The molecule has 0 amide bonds. The number of hydrogen-bond acceptors (Lipinski definition) is 5. The zero-order valence-corrected chi connectivity index (χ0v) is 12.0. The molecule has 0 unspecified atom stereocenters. The Bertz CT molecular complexity index is 680. The van der Waals surface area contributed by atoms with Crippen molar-refractivity contribution in [1.82, 2.24) is 9.88 Å². The molecule has 0 saturated heterocycles. The molecule has 0 aliphatic rings. The second kappa shape index (κ2) is 6.17. The largest absolute Gasteiger partial charge is 0.361 e. The lowest BCUT2D eigenvalue weighted by atomic mass is 10.1. The third-order valence-corrected chi connectivity index (χ3v) is 4.03. The van der Waals surface area contributed by atoms with Gasteiger partial charge in [-0.1, -0.05) is 29.4 Å². The lowest BCUT2D eigenvalue weighted by Crippen LogP contribution is -2.24. The van der Waals surface area contributed by atoms with E-state index in [1.165, 1.54) is 0 Å². The van der Waals surface area contributed by atoms with Crippen LogP contribution in [0.15, 0.2) is 34.9 Å². The van der Waals surface area contributed by atoms with Gasteiger partial charge < -0.3 is 10.3 Å². The maximum atomic E-state index is 12.0. The van der Waals surface area contributed by atoms with Crippen LogP contribution in [0.5, 0.6) is 0 Å². The summed E-state index contributed by atoms with van der Waals surface area (Å²) in [5, 5.41) is 3.73. The molecule has 0 aliphatic heterocycles. The molecule has 6 nitrogen and oxygen atoms in total. The highest BCUT2D eigenvalue weighted by molar-refractivity contribution is 7.88. The minimum atomic E-state index is -3.42. The first-order chi connectivity index (χ1) is 9.48. The number of nitrogens with one attached hydrogen (secondary N) is 1. The Hall–Kier alpha value is -1.70. The molecule has 1 aromatic carbocycles. The highest BCUT2D eigenvalue weighted by Crippen LogP contribution is 2.09. The number of nitrogens with zero attached hydrogens (tertiary/aromatic N) is 1. The van der Waals surface area contributed by atoms with Gasteiger partial charge in [-0.3, -0.25) is 0 Å². The van der Waals surface area contributed by atoms with Gasteiger partial charge in [-0.15, -0.1) is 0 Å².